The zero-order valence-corrected chi connectivity index (χ0v) is 15.6. The van der Waals surface area contributed by atoms with Gasteiger partial charge in [-0.3, -0.25) is 4.79 Å². The summed E-state index contributed by atoms with van der Waals surface area (Å²) in [5.74, 6) is 0.158. The number of amides is 3. The number of carbonyl (C=O) groups excluding carboxylic acids is 2. The molecule has 1 aliphatic rings. The van der Waals surface area contributed by atoms with Crippen molar-refractivity contribution < 1.29 is 9.59 Å². The van der Waals surface area contributed by atoms with Crippen LogP contribution in [0.2, 0.25) is 0 Å². The largest absolute Gasteiger partial charge is 0.323 e. The Bertz CT molecular complexity index is 759. The quantitative estimate of drug-likeness (QED) is 0.832. The maximum Gasteiger partial charge on any atom is 0.321 e. The van der Waals surface area contributed by atoms with Crippen molar-refractivity contribution in [2.24, 2.45) is 0 Å². The second-order valence-corrected chi connectivity index (χ2v) is 7.02. The lowest BCUT2D eigenvalue weighted by molar-refractivity contribution is -0.117. The molecular weight excluding hydrogens is 382 g/mol. The summed E-state index contributed by atoms with van der Waals surface area (Å²) >= 11 is 3.40. The highest BCUT2D eigenvalue weighted by Crippen LogP contribution is 2.23. The molecule has 1 fully saturated rings. The predicted octanol–water partition coefficient (Wildman–Crippen LogP) is 4.24. The first-order valence-corrected chi connectivity index (χ1v) is 8.99. The fourth-order valence-electron chi connectivity index (χ4n) is 2.80. The SMILES string of the molecule is CN(Cc1ccc(Br)cc1)C(=O)Nc1ccc(N2CCCC2=O)cc1. The standard InChI is InChI=1S/C19H20BrN3O2/c1-22(13-14-4-6-15(20)7-5-14)19(25)21-16-8-10-17(11-9-16)23-12-2-3-18(23)24/h4-11H,2-3,12-13H2,1H3,(H,21,25). The molecule has 1 aliphatic heterocycles. The molecule has 3 amide bonds. The van der Waals surface area contributed by atoms with Crippen molar-refractivity contribution in [1.82, 2.24) is 4.90 Å². The summed E-state index contributed by atoms with van der Waals surface area (Å²) in [5, 5.41) is 2.88. The Hall–Kier alpha value is -2.34. The van der Waals surface area contributed by atoms with Crippen LogP contribution >= 0.6 is 15.9 Å². The Labute approximate surface area is 155 Å². The molecule has 5 nitrogen and oxygen atoms in total. The number of halogens is 1. The lowest BCUT2D eigenvalue weighted by Crippen LogP contribution is -2.30. The summed E-state index contributed by atoms with van der Waals surface area (Å²) in [6.45, 7) is 1.29. The smallest absolute Gasteiger partial charge is 0.321 e. The molecule has 2 aromatic rings. The van der Waals surface area contributed by atoms with E-state index in [-0.39, 0.29) is 11.9 Å². The van der Waals surface area contributed by atoms with Gasteiger partial charge in [0.25, 0.3) is 0 Å². The number of nitrogens with zero attached hydrogens (tertiary/aromatic N) is 2. The van der Waals surface area contributed by atoms with Crippen molar-refractivity contribution >= 4 is 39.2 Å². The lowest BCUT2D eigenvalue weighted by Gasteiger charge is -2.19. The molecule has 2 aromatic carbocycles. The number of hydrogen-bond donors (Lipinski definition) is 1. The van der Waals surface area contributed by atoms with Crippen LogP contribution in [0.15, 0.2) is 53.0 Å². The monoisotopic (exact) mass is 401 g/mol. The molecule has 3 rings (SSSR count). The minimum atomic E-state index is -0.173. The molecule has 0 radical (unpaired) electrons. The molecule has 0 aromatic heterocycles. The van der Waals surface area contributed by atoms with Crippen molar-refractivity contribution in [3.63, 3.8) is 0 Å². The van der Waals surface area contributed by atoms with Crippen LogP contribution in [0, 0.1) is 0 Å². The van der Waals surface area contributed by atoms with Gasteiger partial charge in [-0.2, -0.15) is 0 Å². The summed E-state index contributed by atoms with van der Waals surface area (Å²) < 4.78 is 1.01. The van der Waals surface area contributed by atoms with E-state index in [9.17, 15) is 9.59 Å². The van der Waals surface area contributed by atoms with Gasteiger partial charge in [0.1, 0.15) is 0 Å². The van der Waals surface area contributed by atoms with E-state index in [4.69, 9.17) is 0 Å². The van der Waals surface area contributed by atoms with Crippen LogP contribution in [0.4, 0.5) is 16.2 Å². The van der Waals surface area contributed by atoms with E-state index in [0.29, 0.717) is 18.7 Å². The number of carbonyl (C=O) groups is 2. The Kier molecular flexibility index (Phi) is 5.38. The Morgan fingerprint density at radius 3 is 2.44 bits per heavy atom. The van der Waals surface area contributed by atoms with E-state index < -0.39 is 0 Å². The molecule has 1 heterocycles. The molecule has 25 heavy (non-hydrogen) atoms. The van der Waals surface area contributed by atoms with Crippen molar-refractivity contribution in [1.29, 1.82) is 0 Å². The number of rotatable bonds is 4. The fraction of sp³-hybridized carbons (Fsp3) is 0.263. The average molecular weight is 402 g/mol. The van der Waals surface area contributed by atoms with Gasteiger partial charge in [-0.25, -0.2) is 4.79 Å². The average Bonchev–Trinajstić information content (AvgIpc) is 3.03. The second-order valence-electron chi connectivity index (χ2n) is 6.11. The Morgan fingerprint density at radius 1 is 1.16 bits per heavy atom. The number of anilines is 2. The molecule has 0 saturated carbocycles. The van der Waals surface area contributed by atoms with Gasteiger partial charge < -0.3 is 15.1 Å². The van der Waals surface area contributed by atoms with E-state index in [1.165, 1.54) is 0 Å². The van der Waals surface area contributed by atoms with Gasteiger partial charge in [0.05, 0.1) is 0 Å². The highest BCUT2D eigenvalue weighted by atomic mass is 79.9. The third-order valence-corrected chi connectivity index (χ3v) is 4.71. The third-order valence-electron chi connectivity index (χ3n) is 4.18. The Balaban J connectivity index is 1.58. The molecule has 0 atom stereocenters. The number of hydrogen-bond acceptors (Lipinski definition) is 2. The van der Waals surface area contributed by atoms with E-state index >= 15 is 0 Å². The first-order valence-electron chi connectivity index (χ1n) is 8.20. The van der Waals surface area contributed by atoms with Gasteiger partial charge >= 0.3 is 6.03 Å². The van der Waals surface area contributed by atoms with Crippen molar-refractivity contribution in [3.8, 4) is 0 Å². The zero-order chi connectivity index (χ0) is 17.8. The third kappa shape index (κ3) is 4.39. The molecule has 0 aliphatic carbocycles. The molecule has 0 unspecified atom stereocenters. The van der Waals surface area contributed by atoms with Gasteiger partial charge in [0, 0.05) is 42.4 Å². The zero-order valence-electron chi connectivity index (χ0n) is 14.0. The summed E-state index contributed by atoms with van der Waals surface area (Å²) in [7, 11) is 1.76. The van der Waals surface area contributed by atoms with Crippen LogP contribution in [-0.4, -0.2) is 30.4 Å². The van der Waals surface area contributed by atoms with Crippen molar-refractivity contribution in [2.75, 3.05) is 23.8 Å². The molecule has 130 valence electrons. The second kappa shape index (κ2) is 7.70. The van der Waals surface area contributed by atoms with E-state index in [1.807, 2.05) is 48.5 Å². The van der Waals surface area contributed by atoms with Crippen LogP contribution in [0.1, 0.15) is 18.4 Å². The lowest BCUT2D eigenvalue weighted by atomic mass is 10.2. The van der Waals surface area contributed by atoms with Crippen LogP contribution in [0.3, 0.4) is 0 Å². The fourth-order valence-corrected chi connectivity index (χ4v) is 3.06. The van der Waals surface area contributed by atoms with E-state index in [0.717, 1.165) is 28.7 Å². The van der Waals surface area contributed by atoms with Gasteiger partial charge in [0.2, 0.25) is 5.91 Å². The molecule has 1 saturated heterocycles. The minimum Gasteiger partial charge on any atom is -0.323 e. The van der Waals surface area contributed by atoms with Crippen LogP contribution in [0.5, 0.6) is 0 Å². The maximum absolute atomic E-state index is 12.3. The summed E-state index contributed by atoms with van der Waals surface area (Å²) in [5.41, 5.74) is 2.65. The molecule has 0 spiro atoms. The number of urea groups is 1. The maximum atomic E-state index is 12.3. The van der Waals surface area contributed by atoms with Crippen molar-refractivity contribution in [2.45, 2.75) is 19.4 Å². The van der Waals surface area contributed by atoms with Crippen LogP contribution < -0.4 is 10.2 Å². The normalized spacial score (nSPS) is 13.8. The van der Waals surface area contributed by atoms with Crippen molar-refractivity contribution in [3.05, 3.63) is 58.6 Å². The van der Waals surface area contributed by atoms with Crippen LogP contribution in [-0.2, 0) is 11.3 Å². The van der Waals surface area contributed by atoms with Gasteiger partial charge in [-0.05, 0) is 48.4 Å². The predicted molar refractivity (Wildman–Crippen MR) is 103 cm³/mol. The summed E-state index contributed by atoms with van der Waals surface area (Å²) in [6.07, 6.45) is 1.51. The van der Waals surface area contributed by atoms with Gasteiger partial charge in [-0.15, -0.1) is 0 Å². The van der Waals surface area contributed by atoms with Gasteiger partial charge in [-0.1, -0.05) is 28.1 Å². The first-order chi connectivity index (χ1) is 12.0. The van der Waals surface area contributed by atoms with E-state index in [1.54, 1.807) is 16.8 Å². The highest BCUT2D eigenvalue weighted by molar-refractivity contribution is 9.10. The van der Waals surface area contributed by atoms with E-state index in [2.05, 4.69) is 21.2 Å². The molecule has 6 heteroatoms. The first kappa shape index (κ1) is 17.5. The van der Waals surface area contributed by atoms with Crippen LogP contribution in [0.25, 0.3) is 0 Å². The van der Waals surface area contributed by atoms with Gasteiger partial charge in [0.15, 0.2) is 0 Å². The summed E-state index contributed by atoms with van der Waals surface area (Å²) in [4.78, 5) is 27.5. The highest BCUT2D eigenvalue weighted by Gasteiger charge is 2.21. The molecular formula is C19H20BrN3O2. The topological polar surface area (TPSA) is 52.7 Å². The molecule has 1 N–H and O–H groups in total. The number of benzene rings is 2. The Morgan fingerprint density at radius 2 is 1.84 bits per heavy atom. The summed E-state index contributed by atoms with van der Waals surface area (Å²) in [6, 6.07) is 15.1. The molecule has 0 bridgehead atoms. The number of nitrogens with one attached hydrogen (secondary N) is 1. The minimum absolute atomic E-state index is 0.158.